The molecule has 1 fully saturated rings. The van der Waals surface area contributed by atoms with Crippen LogP contribution in [0, 0.1) is 18.7 Å². The van der Waals surface area contributed by atoms with Gasteiger partial charge >= 0.3 is 0 Å². The summed E-state index contributed by atoms with van der Waals surface area (Å²) in [6, 6.07) is 4.46. The maximum atomic E-state index is 13.0. The summed E-state index contributed by atoms with van der Waals surface area (Å²) in [5.74, 6) is 0.527. The molecular weight excluding hydrogens is 217 g/mol. The highest BCUT2D eigenvalue weighted by molar-refractivity contribution is 5.94. The van der Waals surface area contributed by atoms with Crippen LogP contribution in [0.2, 0.25) is 0 Å². The molecule has 17 heavy (non-hydrogen) atoms. The Labute approximate surface area is 101 Å². The zero-order chi connectivity index (χ0) is 12.3. The van der Waals surface area contributed by atoms with Crippen LogP contribution in [-0.4, -0.2) is 12.5 Å². The van der Waals surface area contributed by atoms with Crippen LogP contribution in [0.15, 0.2) is 18.2 Å². The molecule has 3 heteroatoms. The second kappa shape index (κ2) is 5.30. The molecule has 0 unspecified atom stereocenters. The predicted octanol–water partition coefficient (Wildman–Crippen LogP) is 3.05. The van der Waals surface area contributed by atoms with Gasteiger partial charge in [-0.3, -0.25) is 4.79 Å². The molecule has 0 spiro atoms. The highest BCUT2D eigenvalue weighted by atomic mass is 19.1. The average molecular weight is 235 g/mol. The highest BCUT2D eigenvalue weighted by Crippen LogP contribution is 2.33. The molecule has 1 amide bonds. The van der Waals surface area contributed by atoms with Gasteiger partial charge in [0.2, 0.25) is 0 Å². The molecule has 0 aliphatic heterocycles. The number of rotatable bonds is 5. The van der Waals surface area contributed by atoms with Gasteiger partial charge in [0.05, 0.1) is 0 Å². The summed E-state index contributed by atoms with van der Waals surface area (Å²) in [6.07, 6.45) is 4.95. The maximum absolute atomic E-state index is 13.0. The number of hydrogen-bond donors (Lipinski definition) is 1. The van der Waals surface area contributed by atoms with E-state index in [0.717, 1.165) is 12.3 Å². The van der Waals surface area contributed by atoms with Crippen LogP contribution in [0.1, 0.15) is 41.6 Å². The van der Waals surface area contributed by atoms with Gasteiger partial charge in [-0.25, -0.2) is 4.39 Å². The van der Waals surface area contributed by atoms with Crippen molar-refractivity contribution in [1.29, 1.82) is 0 Å². The van der Waals surface area contributed by atoms with Gasteiger partial charge in [0.1, 0.15) is 5.82 Å². The second-order valence-corrected chi connectivity index (χ2v) is 4.81. The first-order chi connectivity index (χ1) is 8.16. The number of benzene rings is 1. The normalized spacial score (nSPS) is 14.7. The minimum atomic E-state index is -0.268. The van der Waals surface area contributed by atoms with Crippen molar-refractivity contribution in [2.45, 2.75) is 32.6 Å². The molecule has 2 rings (SSSR count). The van der Waals surface area contributed by atoms with E-state index in [-0.39, 0.29) is 11.7 Å². The molecule has 0 saturated heterocycles. The number of carbonyl (C=O) groups excluding carboxylic acids is 1. The van der Waals surface area contributed by atoms with Gasteiger partial charge in [-0.05, 0) is 49.4 Å². The lowest BCUT2D eigenvalue weighted by Gasteiger charge is -2.06. The first-order valence-corrected chi connectivity index (χ1v) is 6.21. The Morgan fingerprint density at radius 1 is 1.47 bits per heavy atom. The van der Waals surface area contributed by atoms with Crippen molar-refractivity contribution in [2.24, 2.45) is 5.92 Å². The quantitative estimate of drug-likeness (QED) is 0.781. The van der Waals surface area contributed by atoms with Crippen molar-refractivity contribution >= 4 is 5.91 Å². The van der Waals surface area contributed by atoms with Crippen LogP contribution in [-0.2, 0) is 0 Å². The molecule has 0 atom stereocenters. The number of amides is 1. The number of nitrogens with one attached hydrogen (secondary N) is 1. The molecule has 1 aromatic rings. The lowest BCUT2D eigenvalue weighted by molar-refractivity contribution is 0.0952. The molecule has 0 aromatic heterocycles. The van der Waals surface area contributed by atoms with Crippen molar-refractivity contribution in [3.8, 4) is 0 Å². The Morgan fingerprint density at radius 2 is 2.24 bits per heavy atom. The minimum absolute atomic E-state index is 0.108. The minimum Gasteiger partial charge on any atom is -0.352 e. The van der Waals surface area contributed by atoms with Crippen molar-refractivity contribution in [3.05, 3.63) is 35.1 Å². The first kappa shape index (κ1) is 12.1. The molecular formula is C14H18FNO. The largest absolute Gasteiger partial charge is 0.352 e. The van der Waals surface area contributed by atoms with E-state index in [1.165, 1.54) is 31.4 Å². The molecule has 0 bridgehead atoms. The summed E-state index contributed by atoms with van der Waals surface area (Å²) in [7, 11) is 0. The van der Waals surface area contributed by atoms with E-state index < -0.39 is 0 Å². The third kappa shape index (κ3) is 3.55. The molecule has 2 nitrogen and oxygen atoms in total. The second-order valence-electron chi connectivity index (χ2n) is 4.81. The summed E-state index contributed by atoms with van der Waals surface area (Å²) in [5, 5.41) is 2.87. The van der Waals surface area contributed by atoms with Gasteiger partial charge in [0, 0.05) is 12.1 Å². The lowest BCUT2D eigenvalue weighted by Crippen LogP contribution is -2.24. The van der Waals surface area contributed by atoms with Crippen molar-refractivity contribution in [2.75, 3.05) is 6.54 Å². The van der Waals surface area contributed by atoms with Crippen LogP contribution < -0.4 is 5.32 Å². The van der Waals surface area contributed by atoms with E-state index in [2.05, 4.69) is 5.32 Å². The molecule has 1 saturated carbocycles. The van der Waals surface area contributed by atoms with Crippen LogP contribution in [0.3, 0.4) is 0 Å². The van der Waals surface area contributed by atoms with Crippen LogP contribution in [0.25, 0.3) is 0 Å². The van der Waals surface area contributed by atoms with E-state index in [1.54, 1.807) is 13.0 Å². The van der Waals surface area contributed by atoms with E-state index >= 15 is 0 Å². The Kier molecular flexibility index (Phi) is 3.77. The third-order valence-electron chi connectivity index (χ3n) is 3.19. The maximum Gasteiger partial charge on any atom is 0.251 e. The Balaban J connectivity index is 1.79. The Hall–Kier alpha value is -1.38. The van der Waals surface area contributed by atoms with E-state index in [1.807, 2.05) is 0 Å². The smallest absolute Gasteiger partial charge is 0.251 e. The molecule has 1 N–H and O–H groups in total. The SMILES string of the molecule is Cc1cc(C(=O)NCCCC2CC2)ccc1F. The first-order valence-electron chi connectivity index (χ1n) is 6.21. The summed E-state index contributed by atoms with van der Waals surface area (Å²) in [5.41, 5.74) is 1.05. The molecule has 1 aliphatic rings. The van der Waals surface area contributed by atoms with Crippen LogP contribution in [0.4, 0.5) is 4.39 Å². The summed E-state index contributed by atoms with van der Waals surface area (Å²) in [4.78, 5) is 11.7. The predicted molar refractivity (Wildman–Crippen MR) is 65.4 cm³/mol. The average Bonchev–Trinajstić information content (AvgIpc) is 3.12. The zero-order valence-electron chi connectivity index (χ0n) is 10.1. The molecule has 0 radical (unpaired) electrons. The van der Waals surface area contributed by atoms with Crippen molar-refractivity contribution < 1.29 is 9.18 Å². The fourth-order valence-corrected chi connectivity index (χ4v) is 1.89. The van der Waals surface area contributed by atoms with Crippen LogP contribution >= 0.6 is 0 Å². The van der Waals surface area contributed by atoms with E-state index in [0.29, 0.717) is 17.7 Å². The number of hydrogen-bond acceptors (Lipinski definition) is 1. The lowest BCUT2D eigenvalue weighted by atomic mass is 10.1. The molecule has 0 heterocycles. The summed E-state index contributed by atoms with van der Waals surface area (Å²) >= 11 is 0. The molecule has 1 aliphatic carbocycles. The molecule has 92 valence electrons. The van der Waals surface area contributed by atoms with Gasteiger partial charge in [0.15, 0.2) is 0 Å². The van der Waals surface area contributed by atoms with Crippen LogP contribution in [0.5, 0.6) is 0 Å². The Morgan fingerprint density at radius 3 is 2.88 bits per heavy atom. The van der Waals surface area contributed by atoms with Gasteiger partial charge < -0.3 is 5.32 Å². The fraction of sp³-hybridized carbons (Fsp3) is 0.500. The Bertz CT molecular complexity index is 413. The van der Waals surface area contributed by atoms with Gasteiger partial charge in [-0.1, -0.05) is 12.8 Å². The number of carbonyl (C=O) groups is 1. The van der Waals surface area contributed by atoms with E-state index in [9.17, 15) is 9.18 Å². The van der Waals surface area contributed by atoms with Gasteiger partial charge in [-0.15, -0.1) is 0 Å². The van der Waals surface area contributed by atoms with Crippen molar-refractivity contribution in [3.63, 3.8) is 0 Å². The van der Waals surface area contributed by atoms with Gasteiger partial charge in [-0.2, -0.15) is 0 Å². The standard InChI is InChI=1S/C14H18FNO/c1-10-9-12(6-7-13(10)15)14(17)16-8-2-3-11-4-5-11/h6-7,9,11H,2-5,8H2,1H3,(H,16,17). The third-order valence-corrected chi connectivity index (χ3v) is 3.19. The monoisotopic (exact) mass is 235 g/mol. The summed E-state index contributed by atoms with van der Waals surface area (Å²) < 4.78 is 13.0. The summed E-state index contributed by atoms with van der Waals surface area (Å²) in [6.45, 7) is 2.38. The fourth-order valence-electron chi connectivity index (χ4n) is 1.89. The van der Waals surface area contributed by atoms with Gasteiger partial charge in [0.25, 0.3) is 5.91 Å². The van der Waals surface area contributed by atoms with Crippen molar-refractivity contribution in [1.82, 2.24) is 5.32 Å². The van der Waals surface area contributed by atoms with E-state index in [4.69, 9.17) is 0 Å². The highest BCUT2D eigenvalue weighted by Gasteiger charge is 2.20. The number of halogens is 1. The number of aryl methyl sites for hydroxylation is 1. The molecule has 1 aromatic carbocycles. The zero-order valence-corrected chi connectivity index (χ0v) is 10.1. The topological polar surface area (TPSA) is 29.1 Å².